The third-order valence-electron chi connectivity index (χ3n) is 3.90. The summed E-state index contributed by atoms with van der Waals surface area (Å²) in [5, 5.41) is 2.72. The summed E-state index contributed by atoms with van der Waals surface area (Å²) in [6.45, 7) is 0.440. The van der Waals surface area contributed by atoms with Gasteiger partial charge >= 0.3 is 0 Å². The highest BCUT2D eigenvalue weighted by molar-refractivity contribution is 7.89. The van der Waals surface area contributed by atoms with E-state index in [2.05, 4.69) is 5.32 Å². The van der Waals surface area contributed by atoms with Gasteiger partial charge < -0.3 is 14.8 Å². The van der Waals surface area contributed by atoms with Crippen molar-refractivity contribution in [2.45, 2.75) is 6.04 Å². The molecule has 2 rings (SSSR count). The maximum absolute atomic E-state index is 13.4. The van der Waals surface area contributed by atoms with Crippen LogP contribution in [0.4, 0.5) is 4.39 Å². The van der Waals surface area contributed by atoms with E-state index >= 15 is 0 Å². The molecule has 1 aromatic rings. The highest BCUT2D eigenvalue weighted by Gasteiger charge is 2.34. The second kappa shape index (κ2) is 7.45. The molecular weight excluding hydrogens is 339 g/mol. The number of carbonyl (C=O) groups excluding carboxylic acids is 1. The molecule has 1 amide bonds. The first kappa shape index (κ1) is 18.6. The summed E-state index contributed by atoms with van der Waals surface area (Å²) in [6.07, 6.45) is 0. The van der Waals surface area contributed by atoms with Crippen molar-refractivity contribution in [2.24, 2.45) is 5.92 Å². The standard InChI is InChI=1S/C15H21FN2O5S/c1-18(2)24(20,21)9-10-7-23-8-13(10)17-15(19)12-6-11(16)4-5-14(12)22-3/h4-6,10,13H,7-9H2,1-3H3,(H,17,19)/t10-,13-/m0/s1. The maximum atomic E-state index is 13.4. The predicted octanol–water partition coefficient (Wildman–Crippen LogP) is 0.471. The van der Waals surface area contributed by atoms with Crippen LogP contribution in [0, 0.1) is 11.7 Å². The number of amides is 1. The smallest absolute Gasteiger partial charge is 0.255 e. The van der Waals surface area contributed by atoms with Crippen LogP contribution in [0.3, 0.4) is 0 Å². The fourth-order valence-corrected chi connectivity index (χ4v) is 3.61. The van der Waals surface area contributed by atoms with Gasteiger partial charge in [-0.3, -0.25) is 4.79 Å². The average Bonchev–Trinajstić information content (AvgIpc) is 2.93. The molecule has 0 bridgehead atoms. The van der Waals surface area contributed by atoms with E-state index in [1.165, 1.54) is 33.3 Å². The van der Waals surface area contributed by atoms with Crippen molar-refractivity contribution in [3.05, 3.63) is 29.6 Å². The molecule has 1 saturated heterocycles. The largest absolute Gasteiger partial charge is 0.496 e. The number of benzene rings is 1. The van der Waals surface area contributed by atoms with Crippen LogP contribution in [0.15, 0.2) is 18.2 Å². The molecule has 2 atom stereocenters. The summed E-state index contributed by atoms with van der Waals surface area (Å²) >= 11 is 0. The molecule has 1 fully saturated rings. The summed E-state index contributed by atoms with van der Waals surface area (Å²) in [4.78, 5) is 12.4. The summed E-state index contributed by atoms with van der Waals surface area (Å²) in [5.74, 6) is -1.36. The molecule has 9 heteroatoms. The quantitative estimate of drug-likeness (QED) is 0.797. The number of nitrogens with one attached hydrogen (secondary N) is 1. The third-order valence-corrected chi connectivity index (χ3v) is 5.86. The Kier molecular flexibility index (Phi) is 5.79. The van der Waals surface area contributed by atoms with Crippen LogP contribution in [0.5, 0.6) is 5.75 Å². The second-order valence-electron chi connectivity index (χ2n) is 5.78. The Labute approximate surface area is 140 Å². The van der Waals surface area contributed by atoms with Gasteiger partial charge in [0.25, 0.3) is 5.91 Å². The van der Waals surface area contributed by atoms with Gasteiger partial charge in [-0.2, -0.15) is 0 Å². The Morgan fingerprint density at radius 2 is 2.12 bits per heavy atom. The van der Waals surface area contributed by atoms with Crippen LogP contribution >= 0.6 is 0 Å². The molecule has 0 saturated carbocycles. The van der Waals surface area contributed by atoms with Gasteiger partial charge in [-0.05, 0) is 18.2 Å². The van der Waals surface area contributed by atoms with Crippen molar-refractivity contribution in [3.63, 3.8) is 0 Å². The number of hydrogen-bond donors (Lipinski definition) is 1. The number of halogens is 1. The van der Waals surface area contributed by atoms with E-state index in [0.29, 0.717) is 0 Å². The molecule has 0 unspecified atom stereocenters. The van der Waals surface area contributed by atoms with Crippen molar-refractivity contribution in [3.8, 4) is 5.75 Å². The summed E-state index contributed by atoms with van der Waals surface area (Å²) in [6, 6.07) is 3.17. The lowest BCUT2D eigenvalue weighted by Gasteiger charge is -2.21. The van der Waals surface area contributed by atoms with Crippen molar-refractivity contribution >= 4 is 15.9 Å². The van der Waals surface area contributed by atoms with Gasteiger partial charge in [-0.25, -0.2) is 17.1 Å². The minimum Gasteiger partial charge on any atom is -0.496 e. The number of carbonyl (C=O) groups is 1. The number of sulfonamides is 1. The average molecular weight is 360 g/mol. The van der Waals surface area contributed by atoms with Crippen molar-refractivity contribution in [1.82, 2.24) is 9.62 Å². The first-order valence-electron chi connectivity index (χ1n) is 7.37. The van der Waals surface area contributed by atoms with Crippen LogP contribution in [-0.2, 0) is 14.8 Å². The van der Waals surface area contributed by atoms with Crippen LogP contribution in [0.2, 0.25) is 0 Å². The third kappa shape index (κ3) is 4.22. The van der Waals surface area contributed by atoms with Crippen LogP contribution in [0.1, 0.15) is 10.4 Å². The molecule has 1 heterocycles. The number of nitrogens with zero attached hydrogens (tertiary/aromatic N) is 1. The van der Waals surface area contributed by atoms with Crippen molar-refractivity contribution < 1.29 is 27.1 Å². The topological polar surface area (TPSA) is 84.9 Å². The van der Waals surface area contributed by atoms with Crippen LogP contribution in [-0.4, -0.2) is 64.8 Å². The molecule has 1 aliphatic rings. The highest BCUT2D eigenvalue weighted by Crippen LogP contribution is 2.22. The lowest BCUT2D eigenvalue weighted by Crippen LogP contribution is -2.43. The molecule has 1 aromatic carbocycles. The maximum Gasteiger partial charge on any atom is 0.255 e. The van der Waals surface area contributed by atoms with E-state index in [1.54, 1.807) is 0 Å². The minimum absolute atomic E-state index is 0.0543. The Morgan fingerprint density at radius 1 is 1.42 bits per heavy atom. The lowest BCUT2D eigenvalue weighted by molar-refractivity contribution is 0.0922. The molecule has 0 radical (unpaired) electrons. The molecule has 1 N–H and O–H groups in total. The Balaban J connectivity index is 2.12. The van der Waals surface area contributed by atoms with Gasteiger partial charge in [0.1, 0.15) is 11.6 Å². The van der Waals surface area contributed by atoms with Gasteiger partial charge in [-0.1, -0.05) is 0 Å². The fourth-order valence-electron chi connectivity index (χ4n) is 2.45. The first-order valence-corrected chi connectivity index (χ1v) is 8.98. The molecule has 1 aliphatic heterocycles. The van der Waals surface area contributed by atoms with Crippen molar-refractivity contribution in [2.75, 3.05) is 40.2 Å². The lowest BCUT2D eigenvalue weighted by atomic mass is 10.1. The number of methoxy groups -OCH3 is 1. The van der Waals surface area contributed by atoms with Gasteiger partial charge in [0.2, 0.25) is 10.0 Å². The van der Waals surface area contributed by atoms with E-state index in [0.717, 1.165) is 10.4 Å². The monoisotopic (exact) mass is 360 g/mol. The molecule has 0 aromatic heterocycles. The Hall–Kier alpha value is -1.71. The zero-order valence-electron chi connectivity index (χ0n) is 13.8. The second-order valence-corrected chi connectivity index (χ2v) is 8.01. The van der Waals surface area contributed by atoms with Gasteiger partial charge in [-0.15, -0.1) is 0 Å². The van der Waals surface area contributed by atoms with Crippen molar-refractivity contribution in [1.29, 1.82) is 0 Å². The number of ether oxygens (including phenoxy) is 2. The molecule has 0 aliphatic carbocycles. The van der Waals surface area contributed by atoms with E-state index in [4.69, 9.17) is 9.47 Å². The van der Waals surface area contributed by atoms with Crippen LogP contribution in [0.25, 0.3) is 0 Å². The molecule has 7 nitrogen and oxygen atoms in total. The van der Waals surface area contributed by atoms with E-state index in [-0.39, 0.29) is 36.2 Å². The molecule has 24 heavy (non-hydrogen) atoms. The zero-order chi connectivity index (χ0) is 17.9. The van der Waals surface area contributed by atoms with Gasteiger partial charge in [0, 0.05) is 20.0 Å². The van der Waals surface area contributed by atoms with E-state index in [9.17, 15) is 17.6 Å². The normalized spacial score (nSPS) is 21.0. The fraction of sp³-hybridized carbons (Fsp3) is 0.533. The molecular formula is C15H21FN2O5S. The first-order chi connectivity index (χ1) is 11.2. The molecule has 0 spiro atoms. The summed E-state index contributed by atoms with van der Waals surface area (Å²) < 4.78 is 49.0. The Morgan fingerprint density at radius 3 is 2.75 bits per heavy atom. The molecule has 134 valence electrons. The van der Waals surface area contributed by atoms with E-state index < -0.39 is 27.8 Å². The predicted molar refractivity (Wildman–Crippen MR) is 86.0 cm³/mol. The van der Waals surface area contributed by atoms with Gasteiger partial charge in [0.05, 0.1) is 37.7 Å². The van der Waals surface area contributed by atoms with E-state index in [1.807, 2.05) is 0 Å². The number of hydrogen-bond acceptors (Lipinski definition) is 5. The number of rotatable bonds is 6. The minimum atomic E-state index is -3.42. The summed E-state index contributed by atoms with van der Waals surface area (Å²) in [5.41, 5.74) is 0.0543. The van der Waals surface area contributed by atoms with Gasteiger partial charge in [0.15, 0.2) is 0 Å². The SMILES string of the molecule is COc1ccc(F)cc1C(=O)N[C@H]1COC[C@H]1CS(=O)(=O)N(C)C. The Bertz CT molecular complexity index is 708. The summed E-state index contributed by atoms with van der Waals surface area (Å²) in [7, 11) is 0.876. The zero-order valence-corrected chi connectivity index (χ0v) is 14.6. The van der Waals surface area contributed by atoms with Crippen LogP contribution < -0.4 is 10.1 Å². The highest BCUT2D eigenvalue weighted by atomic mass is 32.2.